The Bertz CT molecular complexity index is 1070. The number of hydrogen-bond donors (Lipinski definition) is 1. The molecule has 3 saturated heterocycles. The highest BCUT2D eigenvalue weighted by molar-refractivity contribution is 5.15. The molecule has 1 aromatic heterocycles. The van der Waals surface area contributed by atoms with Crippen LogP contribution in [0.3, 0.4) is 0 Å². The molecule has 0 unspecified atom stereocenters. The van der Waals surface area contributed by atoms with Gasteiger partial charge < -0.3 is 18.9 Å². The Balaban J connectivity index is 1.46. The van der Waals surface area contributed by atoms with Gasteiger partial charge in [0.05, 0.1) is 6.04 Å². The SMILES string of the molecule is CO[C@H]1O[C@H]([C@H]2C[C@@H](n3ccc(=O)[nH]c3=O)ON2Cc2ccccc2)[C@@H]2OC(C)(C)O[C@H]12. The molecule has 1 aromatic carbocycles. The number of rotatable bonds is 5. The Kier molecular flexibility index (Phi) is 5.52. The molecule has 3 aliphatic rings. The average Bonchev–Trinajstić information content (AvgIpc) is 3.39. The summed E-state index contributed by atoms with van der Waals surface area (Å²) in [7, 11) is 1.58. The maximum Gasteiger partial charge on any atom is 0.330 e. The van der Waals surface area contributed by atoms with Gasteiger partial charge >= 0.3 is 5.69 Å². The van der Waals surface area contributed by atoms with E-state index < -0.39 is 35.7 Å². The molecule has 0 spiro atoms. The van der Waals surface area contributed by atoms with E-state index in [2.05, 4.69) is 4.98 Å². The summed E-state index contributed by atoms with van der Waals surface area (Å²) in [4.78, 5) is 32.4. The second-order valence-electron chi connectivity index (χ2n) is 8.71. The van der Waals surface area contributed by atoms with Crippen LogP contribution in [-0.4, -0.2) is 58.2 Å². The normalized spacial score (nSPS) is 34.1. The zero-order chi connectivity index (χ0) is 22.5. The van der Waals surface area contributed by atoms with Crippen LogP contribution in [0.1, 0.15) is 32.1 Å². The van der Waals surface area contributed by atoms with Crippen molar-refractivity contribution in [3.63, 3.8) is 0 Å². The quantitative estimate of drug-likeness (QED) is 0.731. The molecule has 172 valence electrons. The molecule has 10 nitrogen and oxygen atoms in total. The number of ether oxygens (including phenoxy) is 4. The van der Waals surface area contributed by atoms with Crippen LogP contribution in [0.15, 0.2) is 52.2 Å². The maximum atomic E-state index is 12.4. The van der Waals surface area contributed by atoms with E-state index in [4.69, 9.17) is 23.8 Å². The number of methoxy groups -OCH3 is 1. The van der Waals surface area contributed by atoms with E-state index in [0.29, 0.717) is 13.0 Å². The lowest BCUT2D eigenvalue weighted by molar-refractivity contribution is -0.249. The molecular weight excluding hydrogens is 418 g/mol. The number of nitrogens with one attached hydrogen (secondary N) is 1. The predicted octanol–water partition coefficient (Wildman–Crippen LogP) is 1.13. The van der Waals surface area contributed by atoms with Gasteiger partial charge in [-0.2, -0.15) is 5.06 Å². The lowest BCUT2D eigenvalue weighted by Crippen LogP contribution is -2.45. The van der Waals surface area contributed by atoms with Gasteiger partial charge in [0, 0.05) is 32.3 Å². The minimum atomic E-state index is -0.757. The van der Waals surface area contributed by atoms with Crippen molar-refractivity contribution in [3.8, 4) is 0 Å². The molecule has 3 fully saturated rings. The van der Waals surface area contributed by atoms with Gasteiger partial charge in [0.1, 0.15) is 18.3 Å². The first kappa shape index (κ1) is 21.5. The summed E-state index contributed by atoms with van der Waals surface area (Å²) in [6.45, 7) is 4.22. The van der Waals surface area contributed by atoms with Crippen LogP contribution in [-0.2, 0) is 30.3 Å². The zero-order valence-corrected chi connectivity index (χ0v) is 18.2. The molecule has 6 atom stereocenters. The first-order chi connectivity index (χ1) is 15.3. The number of aromatic amines is 1. The Morgan fingerprint density at radius 1 is 1.09 bits per heavy atom. The largest absolute Gasteiger partial charge is 0.353 e. The minimum Gasteiger partial charge on any atom is -0.353 e. The van der Waals surface area contributed by atoms with Crippen LogP contribution in [0, 0.1) is 0 Å². The van der Waals surface area contributed by atoms with Crippen molar-refractivity contribution < 1.29 is 23.8 Å². The summed E-state index contributed by atoms with van der Waals surface area (Å²) in [5.41, 5.74) is 0.0729. The molecule has 0 bridgehead atoms. The number of aromatic nitrogens is 2. The molecular formula is C22H27N3O7. The Hall–Kier alpha value is -2.34. The summed E-state index contributed by atoms with van der Waals surface area (Å²) in [6.07, 6.45) is -0.399. The Morgan fingerprint density at radius 2 is 1.84 bits per heavy atom. The summed E-state index contributed by atoms with van der Waals surface area (Å²) < 4.78 is 25.3. The molecule has 3 aliphatic heterocycles. The molecule has 32 heavy (non-hydrogen) atoms. The fourth-order valence-corrected chi connectivity index (χ4v) is 4.73. The van der Waals surface area contributed by atoms with E-state index in [1.165, 1.54) is 16.8 Å². The van der Waals surface area contributed by atoms with Crippen molar-refractivity contribution in [1.29, 1.82) is 0 Å². The van der Waals surface area contributed by atoms with Crippen molar-refractivity contribution in [3.05, 3.63) is 69.0 Å². The number of hydroxylamine groups is 2. The lowest BCUT2D eigenvalue weighted by atomic mass is 10.00. The van der Waals surface area contributed by atoms with Gasteiger partial charge in [-0.15, -0.1) is 0 Å². The fraction of sp³-hybridized carbons (Fsp3) is 0.545. The summed E-state index contributed by atoms with van der Waals surface area (Å²) in [5, 5.41) is 1.83. The fourth-order valence-electron chi connectivity index (χ4n) is 4.73. The molecule has 0 saturated carbocycles. The van der Waals surface area contributed by atoms with Gasteiger partial charge in [0.25, 0.3) is 5.56 Å². The molecule has 0 aliphatic carbocycles. The van der Waals surface area contributed by atoms with Gasteiger partial charge in [-0.3, -0.25) is 19.2 Å². The first-order valence-electron chi connectivity index (χ1n) is 10.7. The van der Waals surface area contributed by atoms with E-state index >= 15 is 0 Å². The smallest absolute Gasteiger partial charge is 0.330 e. The predicted molar refractivity (Wildman–Crippen MR) is 111 cm³/mol. The van der Waals surface area contributed by atoms with Crippen molar-refractivity contribution in [2.45, 2.75) is 69.5 Å². The van der Waals surface area contributed by atoms with Gasteiger partial charge in [-0.05, 0) is 19.4 Å². The second-order valence-corrected chi connectivity index (χ2v) is 8.71. The third kappa shape index (κ3) is 3.94. The van der Waals surface area contributed by atoms with E-state index in [1.54, 1.807) is 7.11 Å². The van der Waals surface area contributed by atoms with Crippen molar-refractivity contribution >= 4 is 0 Å². The third-order valence-corrected chi connectivity index (χ3v) is 6.07. The number of benzene rings is 1. The lowest BCUT2D eigenvalue weighted by Gasteiger charge is -2.30. The van der Waals surface area contributed by atoms with E-state index in [9.17, 15) is 9.59 Å². The van der Waals surface area contributed by atoms with Crippen LogP contribution >= 0.6 is 0 Å². The van der Waals surface area contributed by atoms with Gasteiger partial charge in [0.2, 0.25) is 0 Å². The molecule has 10 heteroatoms. The average molecular weight is 445 g/mol. The number of nitrogens with zero attached hydrogens (tertiary/aromatic N) is 2. The molecule has 5 rings (SSSR count). The molecule has 2 aromatic rings. The van der Waals surface area contributed by atoms with Crippen LogP contribution in [0.25, 0.3) is 0 Å². The van der Waals surface area contributed by atoms with Crippen LogP contribution < -0.4 is 11.2 Å². The second kappa shape index (κ2) is 8.22. The van der Waals surface area contributed by atoms with Crippen molar-refractivity contribution in [1.82, 2.24) is 14.6 Å². The first-order valence-corrected chi connectivity index (χ1v) is 10.7. The molecule has 4 heterocycles. The van der Waals surface area contributed by atoms with Gasteiger partial charge in [0.15, 0.2) is 18.3 Å². The van der Waals surface area contributed by atoms with Crippen LogP contribution in [0.4, 0.5) is 0 Å². The number of hydrogen-bond acceptors (Lipinski definition) is 8. The van der Waals surface area contributed by atoms with Crippen molar-refractivity contribution in [2.24, 2.45) is 0 Å². The summed E-state index contributed by atoms with van der Waals surface area (Å²) in [6, 6.07) is 11.0. The standard InChI is InChI=1S/C22H27N3O7/c1-22(2)30-18-17(29-20(28-3)19(18)31-22)14-11-16(24-10-9-15(26)23-21(24)27)32-25(14)12-13-7-5-4-6-8-13/h4-10,14,16-20H,11-12H2,1-3H3,(H,23,26,27)/t14-,16+,17-,18+,19+,20+/m1/s1. The maximum absolute atomic E-state index is 12.4. The highest BCUT2D eigenvalue weighted by Gasteiger charge is 2.59. The zero-order valence-electron chi connectivity index (χ0n) is 18.2. The van der Waals surface area contributed by atoms with E-state index in [1.807, 2.05) is 49.2 Å². The van der Waals surface area contributed by atoms with Gasteiger partial charge in [-0.25, -0.2) is 4.79 Å². The highest BCUT2D eigenvalue weighted by Crippen LogP contribution is 2.44. The molecule has 1 N–H and O–H groups in total. The molecule has 0 radical (unpaired) electrons. The van der Waals surface area contributed by atoms with Crippen LogP contribution in [0.5, 0.6) is 0 Å². The number of H-pyrrole nitrogens is 1. The van der Waals surface area contributed by atoms with Crippen molar-refractivity contribution in [2.75, 3.05) is 7.11 Å². The Labute approximate surface area is 184 Å². The monoisotopic (exact) mass is 445 g/mol. The van der Waals surface area contributed by atoms with Gasteiger partial charge in [-0.1, -0.05) is 30.3 Å². The Morgan fingerprint density at radius 3 is 2.56 bits per heavy atom. The topological polar surface area (TPSA) is 104 Å². The van der Waals surface area contributed by atoms with Crippen LogP contribution in [0.2, 0.25) is 0 Å². The summed E-state index contributed by atoms with van der Waals surface area (Å²) in [5.74, 6) is -0.757. The van der Waals surface area contributed by atoms with E-state index in [0.717, 1.165) is 5.56 Å². The third-order valence-electron chi connectivity index (χ3n) is 6.07. The number of fused-ring (bicyclic) bond motifs is 1. The molecule has 0 amide bonds. The summed E-state index contributed by atoms with van der Waals surface area (Å²) >= 11 is 0. The minimum absolute atomic E-state index is 0.246. The van der Waals surface area contributed by atoms with E-state index in [-0.39, 0.29) is 18.2 Å². The highest BCUT2D eigenvalue weighted by atomic mass is 16.8.